The Morgan fingerprint density at radius 1 is 1.16 bits per heavy atom. The molecule has 0 fully saturated rings. The molecule has 7 heteroatoms. The van der Waals surface area contributed by atoms with Gasteiger partial charge < -0.3 is 9.47 Å². The largest absolute Gasteiger partial charge is 0.423 e. The van der Waals surface area contributed by atoms with Gasteiger partial charge in [0.1, 0.15) is 17.7 Å². The van der Waals surface area contributed by atoms with Crippen molar-refractivity contribution in [1.82, 2.24) is 0 Å². The lowest BCUT2D eigenvalue weighted by Gasteiger charge is -2.12. The van der Waals surface area contributed by atoms with Crippen LogP contribution in [0.5, 0.6) is 11.5 Å². The van der Waals surface area contributed by atoms with Gasteiger partial charge in [0.05, 0.1) is 10.0 Å². The summed E-state index contributed by atoms with van der Waals surface area (Å²) in [6, 6.07) is 4.84. The highest BCUT2D eigenvalue weighted by atomic mass is 79.9. The summed E-state index contributed by atoms with van der Waals surface area (Å²) in [4.78, 5) is 22.0. The molecule has 0 amide bonds. The Hall–Kier alpha value is -2.38. The second-order valence-corrected chi connectivity index (χ2v) is 4.14. The topological polar surface area (TPSA) is 100 Å². The van der Waals surface area contributed by atoms with Gasteiger partial charge in [-0.2, -0.15) is 10.5 Å². The van der Waals surface area contributed by atoms with Crippen molar-refractivity contribution in [2.45, 2.75) is 13.8 Å². The molecule has 19 heavy (non-hydrogen) atoms. The summed E-state index contributed by atoms with van der Waals surface area (Å²) in [5.41, 5.74) is -0.00537. The molecule has 0 aromatic heterocycles. The number of rotatable bonds is 2. The molecule has 96 valence electrons. The van der Waals surface area contributed by atoms with Crippen LogP contribution >= 0.6 is 15.9 Å². The normalized spacial score (nSPS) is 9.11. The van der Waals surface area contributed by atoms with Crippen molar-refractivity contribution in [2.24, 2.45) is 0 Å². The van der Waals surface area contributed by atoms with Gasteiger partial charge in [-0.25, -0.2) is 0 Å². The van der Waals surface area contributed by atoms with Crippen molar-refractivity contribution >= 4 is 27.9 Å². The van der Waals surface area contributed by atoms with Gasteiger partial charge in [-0.1, -0.05) is 0 Å². The zero-order valence-corrected chi connectivity index (χ0v) is 11.6. The molecule has 0 aliphatic heterocycles. The number of halogens is 1. The van der Waals surface area contributed by atoms with Gasteiger partial charge in [0, 0.05) is 19.9 Å². The summed E-state index contributed by atoms with van der Waals surface area (Å²) in [7, 11) is 0. The Bertz CT molecular complexity index is 641. The third-order valence-corrected chi connectivity index (χ3v) is 2.74. The predicted octanol–water partition coefficient (Wildman–Crippen LogP) is 2.04. The molecular formula is C12H7BrN2O4. The van der Waals surface area contributed by atoms with E-state index in [1.54, 1.807) is 6.07 Å². The molecule has 1 aromatic carbocycles. The van der Waals surface area contributed by atoms with Crippen LogP contribution in [-0.4, -0.2) is 11.9 Å². The molecule has 0 saturated carbocycles. The summed E-state index contributed by atoms with van der Waals surface area (Å²) < 4.78 is 9.89. The van der Waals surface area contributed by atoms with Crippen LogP contribution in [0, 0.1) is 22.7 Å². The van der Waals surface area contributed by atoms with Crippen LogP contribution in [0.15, 0.2) is 10.5 Å². The maximum atomic E-state index is 11.0. The first-order valence-electron chi connectivity index (χ1n) is 4.94. The van der Waals surface area contributed by atoms with E-state index < -0.39 is 11.9 Å². The average Bonchev–Trinajstić information content (AvgIpc) is 2.31. The minimum atomic E-state index is -0.679. The van der Waals surface area contributed by atoms with Crippen LogP contribution in [0.25, 0.3) is 0 Å². The first-order chi connectivity index (χ1) is 8.90. The summed E-state index contributed by atoms with van der Waals surface area (Å²) in [5.74, 6) is -1.69. The molecule has 6 nitrogen and oxygen atoms in total. The van der Waals surface area contributed by atoms with Gasteiger partial charge in [0.25, 0.3) is 0 Å². The number of carbonyl (C=O) groups excluding carboxylic acids is 2. The standard InChI is InChI=1S/C12H7BrN2O4/c1-6(16)18-10-3-8(4-14)11(13)9(5-15)12(10)19-7(2)17/h3H,1-2H3. The van der Waals surface area contributed by atoms with Crippen molar-refractivity contribution < 1.29 is 19.1 Å². The molecule has 0 spiro atoms. The molecule has 0 unspecified atom stereocenters. The molecule has 0 N–H and O–H groups in total. The van der Waals surface area contributed by atoms with E-state index in [-0.39, 0.29) is 27.1 Å². The maximum Gasteiger partial charge on any atom is 0.308 e. The van der Waals surface area contributed by atoms with Crippen molar-refractivity contribution in [2.75, 3.05) is 0 Å². The first-order valence-corrected chi connectivity index (χ1v) is 5.73. The van der Waals surface area contributed by atoms with Crippen LogP contribution in [0.1, 0.15) is 25.0 Å². The van der Waals surface area contributed by atoms with Gasteiger partial charge in [0.2, 0.25) is 0 Å². The quantitative estimate of drug-likeness (QED) is 0.610. The number of nitrogens with zero attached hydrogens (tertiary/aromatic N) is 2. The van der Waals surface area contributed by atoms with Crippen LogP contribution in [0.3, 0.4) is 0 Å². The van der Waals surface area contributed by atoms with E-state index in [4.69, 9.17) is 20.0 Å². The van der Waals surface area contributed by atoms with Crippen LogP contribution in [0.2, 0.25) is 0 Å². The second-order valence-electron chi connectivity index (χ2n) is 3.35. The zero-order valence-electron chi connectivity index (χ0n) is 9.98. The summed E-state index contributed by atoms with van der Waals surface area (Å²) in [6.07, 6.45) is 0. The Kier molecular flexibility index (Phi) is 4.62. The molecule has 0 heterocycles. The third kappa shape index (κ3) is 3.30. The summed E-state index contributed by atoms with van der Waals surface area (Å²) in [6.45, 7) is 2.29. The molecule has 0 atom stereocenters. The van der Waals surface area contributed by atoms with Crippen LogP contribution in [-0.2, 0) is 9.59 Å². The summed E-state index contributed by atoms with van der Waals surface area (Å²) in [5, 5.41) is 18.0. The molecule has 0 aliphatic rings. The lowest BCUT2D eigenvalue weighted by Crippen LogP contribution is -2.09. The van der Waals surface area contributed by atoms with Crippen LogP contribution in [0.4, 0.5) is 0 Å². The summed E-state index contributed by atoms with van der Waals surface area (Å²) >= 11 is 3.07. The fourth-order valence-electron chi connectivity index (χ4n) is 1.27. The second kappa shape index (κ2) is 5.98. The number of benzene rings is 1. The van der Waals surface area contributed by atoms with Gasteiger partial charge in [-0.05, 0) is 15.9 Å². The highest BCUT2D eigenvalue weighted by molar-refractivity contribution is 9.10. The van der Waals surface area contributed by atoms with Gasteiger partial charge in [-0.3, -0.25) is 9.59 Å². The SMILES string of the molecule is CC(=O)Oc1cc(C#N)c(Br)c(C#N)c1OC(C)=O. The van der Waals surface area contributed by atoms with Crippen LogP contribution < -0.4 is 9.47 Å². The Morgan fingerprint density at radius 2 is 1.74 bits per heavy atom. The van der Waals surface area contributed by atoms with E-state index in [2.05, 4.69) is 15.9 Å². The van der Waals surface area contributed by atoms with Crippen molar-refractivity contribution in [1.29, 1.82) is 10.5 Å². The van der Waals surface area contributed by atoms with E-state index in [0.717, 1.165) is 13.8 Å². The van der Waals surface area contributed by atoms with Crippen molar-refractivity contribution in [3.05, 3.63) is 21.7 Å². The monoisotopic (exact) mass is 322 g/mol. The van der Waals surface area contributed by atoms with Gasteiger partial charge >= 0.3 is 11.9 Å². The van der Waals surface area contributed by atoms with Gasteiger partial charge in [-0.15, -0.1) is 0 Å². The van der Waals surface area contributed by atoms with Gasteiger partial charge in [0.15, 0.2) is 11.5 Å². The lowest BCUT2D eigenvalue weighted by atomic mass is 10.1. The first kappa shape index (κ1) is 14.7. The predicted molar refractivity (Wildman–Crippen MR) is 66.2 cm³/mol. The lowest BCUT2D eigenvalue weighted by molar-refractivity contribution is -0.134. The Balaban J connectivity index is 3.59. The van der Waals surface area contributed by atoms with E-state index in [1.165, 1.54) is 6.07 Å². The van der Waals surface area contributed by atoms with E-state index >= 15 is 0 Å². The molecule has 1 rings (SSSR count). The molecule has 0 bridgehead atoms. The van der Waals surface area contributed by atoms with E-state index in [0.29, 0.717) is 0 Å². The highest BCUT2D eigenvalue weighted by Crippen LogP contribution is 2.38. The maximum absolute atomic E-state index is 11.0. The molecule has 0 saturated heterocycles. The molecule has 0 aliphatic carbocycles. The highest BCUT2D eigenvalue weighted by Gasteiger charge is 2.21. The average molecular weight is 323 g/mol. The number of ether oxygens (including phenoxy) is 2. The number of carbonyl (C=O) groups is 2. The number of esters is 2. The minimum absolute atomic E-state index is 0.0868. The number of hydrogen-bond donors (Lipinski definition) is 0. The molecule has 0 radical (unpaired) electrons. The number of nitriles is 2. The Labute approximate surface area is 117 Å². The molecular weight excluding hydrogens is 316 g/mol. The fourth-order valence-corrected chi connectivity index (χ4v) is 1.75. The third-order valence-electron chi connectivity index (χ3n) is 1.91. The van der Waals surface area contributed by atoms with Crippen molar-refractivity contribution in [3.63, 3.8) is 0 Å². The van der Waals surface area contributed by atoms with E-state index in [1.807, 2.05) is 6.07 Å². The zero-order chi connectivity index (χ0) is 14.6. The van der Waals surface area contributed by atoms with E-state index in [9.17, 15) is 9.59 Å². The smallest absolute Gasteiger partial charge is 0.308 e. The number of hydrogen-bond acceptors (Lipinski definition) is 6. The Morgan fingerprint density at radius 3 is 2.16 bits per heavy atom. The van der Waals surface area contributed by atoms with Crippen molar-refractivity contribution in [3.8, 4) is 23.6 Å². The molecule has 1 aromatic rings. The minimum Gasteiger partial charge on any atom is -0.423 e. The fraction of sp³-hybridized carbons (Fsp3) is 0.167.